The first-order valence-corrected chi connectivity index (χ1v) is 3.68. The molecule has 66 valence electrons. The van der Waals surface area contributed by atoms with E-state index in [4.69, 9.17) is 12.2 Å². The van der Waals surface area contributed by atoms with E-state index >= 15 is 0 Å². The zero-order chi connectivity index (χ0) is 9.14. The minimum Gasteiger partial charge on any atom is -0.317 e. The van der Waals surface area contributed by atoms with E-state index in [-0.39, 0.29) is 10.3 Å². The maximum absolute atomic E-state index is 11.1. The van der Waals surface area contributed by atoms with Crippen molar-refractivity contribution in [3.63, 3.8) is 0 Å². The Kier molecular flexibility index (Phi) is 2.61. The molecule has 1 heterocycles. The molecule has 0 atom stereocenters. The normalized spacial score (nSPS) is 9.83. The van der Waals surface area contributed by atoms with E-state index in [1.165, 1.54) is 7.11 Å². The smallest absolute Gasteiger partial charge is 0.256 e. The number of rotatable bonds is 2. The SMILES string of the molecule is CONc1[nH]c(=S)[nH]c(=O)c1C. The summed E-state index contributed by atoms with van der Waals surface area (Å²) in [5.74, 6) is 0.478. The second kappa shape index (κ2) is 3.51. The largest absolute Gasteiger partial charge is 0.317 e. The molecule has 0 saturated carbocycles. The van der Waals surface area contributed by atoms with Crippen molar-refractivity contribution in [3.8, 4) is 0 Å². The van der Waals surface area contributed by atoms with Gasteiger partial charge in [-0.3, -0.25) is 20.1 Å². The number of hydrogen-bond donors (Lipinski definition) is 3. The van der Waals surface area contributed by atoms with Crippen LogP contribution in [0.25, 0.3) is 0 Å². The Hall–Kier alpha value is -1.14. The highest BCUT2D eigenvalue weighted by atomic mass is 32.1. The molecule has 0 saturated heterocycles. The maximum atomic E-state index is 11.1. The van der Waals surface area contributed by atoms with Gasteiger partial charge in [-0.15, -0.1) is 0 Å². The number of hydrogen-bond acceptors (Lipinski definition) is 4. The summed E-state index contributed by atoms with van der Waals surface area (Å²) in [6.07, 6.45) is 0. The predicted molar refractivity (Wildman–Crippen MR) is 47.6 cm³/mol. The van der Waals surface area contributed by atoms with Gasteiger partial charge in [-0.25, -0.2) is 0 Å². The molecule has 0 aliphatic carbocycles. The molecule has 0 bridgehead atoms. The highest BCUT2D eigenvalue weighted by Crippen LogP contribution is 2.03. The topological polar surface area (TPSA) is 69.9 Å². The van der Waals surface area contributed by atoms with Crippen LogP contribution >= 0.6 is 12.2 Å². The van der Waals surface area contributed by atoms with Gasteiger partial charge in [-0.2, -0.15) is 0 Å². The number of aromatic amines is 2. The summed E-state index contributed by atoms with van der Waals surface area (Å²) in [4.78, 5) is 20.9. The fraction of sp³-hybridized carbons (Fsp3) is 0.333. The third kappa shape index (κ3) is 1.72. The lowest BCUT2D eigenvalue weighted by molar-refractivity contribution is 0.268. The number of anilines is 1. The molecule has 0 amide bonds. The maximum Gasteiger partial charge on any atom is 0.256 e. The molecular formula is C6H9N3O2S. The summed E-state index contributed by atoms with van der Waals surface area (Å²) in [6, 6.07) is 0. The van der Waals surface area contributed by atoms with Crippen molar-refractivity contribution >= 4 is 18.0 Å². The lowest BCUT2D eigenvalue weighted by Gasteiger charge is -2.04. The summed E-state index contributed by atoms with van der Waals surface area (Å²) in [7, 11) is 1.46. The Bertz CT molecular complexity index is 381. The highest BCUT2D eigenvalue weighted by Gasteiger charge is 2.00. The van der Waals surface area contributed by atoms with E-state index in [0.29, 0.717) is 11.4 Å². The minimum atomic E-state index is -0.224. The molecule has 12 heavy (non-hydrogen) atoms. The fourth-order valence-corrected chi connectivity index (χ4v) is 0.948. The van der Waals surface area contributed by atoms with Crippen molar-refractivity contribution in [1.82, 2.24) is 9.97 Å². The molecule has 0 fully saturated rings. The predicted octanol–water partition coefficient (Wildman–Crippen LogP) is 0.714. The van der Waals surface area contributed by atoms with Crippen molar-refractivity contribution < 1.29 is 4.84 Å². The Labute approximate surface area is 73.7 Å². The fourth-order valence-electron chi connectivity index (χ4n) is 0.753. The van der Waals surface area contributed by atoms with E-state index < -0.39 is 0 Å². The number of aromatic nitrogens is 2. The van der Waals surface area contributed by atoms with Gasteiger partial charge in [0.25, 0.3) is 5.56 Å². The van der Waals surface area contributed by atoms with Crippen molar-refractivity contribution in [3.05, 3.63) is 20.7 Å². The first-order chi connectivity index (χ1) is 5.65. The van der Waals surface area contributed by atoms with E-state index in [0.717, 1.165) is 0 Å². The lowest BCUT2D eigenvalue weighted by Crippen LogP contribution is -2.15. The molecule has 0 unspecified atom stereocenters. The average Bonchev–Trinajstić information content (AvgIpc) is 2.00. The van der Waals surface area contributed by atoms with Crippen molar-refractivity contribution in [2.75, 3.05) is 12.6 Å². The van der Waals surface area contributed by atoms with Crippen LogP contribution in [-0.4, -0.2) is 17.1 Å². The van der Waals surface area contributed by atoms with Gasteiger partial charge >= 0.3 is 0 Å². The second-order valence-electron chi connectivity index (χ2n) is 2.21. The van der Waals surface area contributed by atoms with Gasteiger partial charge in [0.1, 0.15) is 5.82 Å². The molecule has 6 heteroatoms. The second-order valence-corrected chi connectivity index (χ2v) is 2.62. The van der Waals surface area contributed by atoms with Gasteiger partial charge in [0.05, 0.1) is 12.7 Å². The zero-order valence-corrected chi connectivity index (χ0v) is 7.54. The molecule has 3 N–H and O–H groups in total. The lowest BCUT2D eigenvalue weighted by atomic mass is 10.3. The Morgan fingerprint density at radius 3 is 2.75 bits per heavy atom. The van der Waals surface area contributed by atoms with Crippen LogP contribution in [0.2, 0.25) is 0 Å². The standard InChI is InChI=1S/C6H9N3O2S/c1-3-4(9-11-2)7-6(12)8-5(3)10/h1-2H3,(H3,7,8,9,10,12). The van der Waals surface area contributed by atoms with Crippen molar-refractivity contribution in [2.24, 2.45) is 0 Å². The summed E-state index contributed by atoms with van der Waals surface area (Å²) < 4.78 is 0.269. The van der Waals surface area contributed by atoms with Gasteiger partial charge in [0, 0.05) is 0 Å². The molecule has 1 aromatic heterocycles. The molecule has 0 spiro atoms. The molecule has 0 aliphatic heterocycles. The molecule has 0 radical (unpaired) electrons. The third-order valence-corrected chi connectivity index (χ3v) is 1.59. The summed E-state index contributed by atoms with van der Waals surface area (Å²) >= 11 is 4.75. The molecule has 0 aromatic carbocycles. The van der Waals surface area contributed by atoms with Gasteiger partial charge in [-0.1, -0.05) is 0 Å². The van der Waals surface area contributed by atoms with Crippen LogP contribution < -0.4 is 11.0 Å². The van der Waals surface area contributed by atoms with E-state index in [1.54, 1.807) is 6.92 Å². The van der Waals surface area contributed by atoms with Crippen LogP contribution in [0.4, 0.5) is 5.82 Å². The summed E-state index contributed by atoms with van der Waals surface area (Å²) in [5, 5.41) is 0. The zero-order valence-electron chi connectivity index (χ0n) is 6.72. The molecule has 0 aliphatic rings. The van der Waals surface area contributed by atoms with E-state index in [2.05, 4.69) is 20.3 Å². The minimum absolute atomic E-state index is 0.224. The molecule has 5 nitrogen and oxygen atoms in total. The summed E-state index contributed by atoms with van der Waals surface area (Å²) in [6.45, 7) is 1.66. The van der Waals surface area contributed by atoms with Crippen LogP contribution in [0.15, 0.2) is 4.79 Å². The van der Waals surface area contributed by atoms with E-state index in [9.17, 15) is 4.79 Å². The average molecular weight is 187 g/mol. The molecule has 1 rings (SSSR count). The third-order valence-electron chi connectivity index (χ3n) is 1.39. The number of nitrogens with one attached hydrogen (secondary N) is 3. The van der Waals surface area contributed by atoms with Crippen LogP contribution in [0.3, 0.4) is 0 Å². The first kappa shape index (κ1) is 8.95. The Morgan fingerprint density at radius 1 is 1.50 bits per heavy atom. The Morgan fingerprint density at radius 2 is 2.17 bits per heavy atom. The Balaban J connectivity index is 3.28. The van der Waals surface area contributed by atoms with Crippen molar-refractivity contribution in [2.45, 2.75) is 6.92 Å². The quantitative estimate of drug-likeness (QED) is 0.471. The molecule has 1 aromatic rings. The van der Waals surface area contributed by atoms with Crippen molar-refractivity contribution in [1.29, 1.82) is 0 Å². The van der Waals surface area contributed by atoms with Gasteiger partial charge in [-0.05, 0) is 19.1 Å². The van der Waals surface area contributed by atoms with Gasteiger partial charge in [0.15, 0.2) is 4.77 Å². The van der Waals surface area contributed by atoms with Gasteiger partial charge < -0.3 is 4.98 Å². The van der Waals surface area contributed by atoms with Crippen LogP contribution in [0.1, 0.15) is 5.56 Å². The van der Waals surface area contributed by atoms with Crippen LogP contribution in [0.5, 0.6) is 0 Å². The highest BCUT2D eigenvalue weighted by molar-refractivity contribution is 7.71. The van der Waals surface area contributed by atoms with E-state index in [1.807, 2.05) is 0 Å². The first-order valence-electron chi connectivity index (χ1n) is 3.27. The molecular weight excluding hydrogens is 178 g/mol. The summed E-state index contributed by atoms with van der Waals surface area (Å²) in [5.41, 5.74) is 2.80. The number of H-pyrrole nitrogens is 2. The van der Waals surface area contributed by atoms with Crippen LogP contribution in [-0.2, 0) is 4.84 Å². The van der Waals surface area contributed by atoms with Gasteiger partial charge in [0.2, 0.25) is 0 Å². The van der Waals surface area contributed by atoms with Crippen LogP contribution in [0, 0.1) is 11.7 Å². The monoisotopic (exact) mass is 187 g/mol.